The number of carbonyl (C=O) groups excluding carboxylic acids is 2. The van der Waals surface area contributed by atoms with E-state index in [0.717, 1.165) is 0 Å². The third kappa shape index (κ3) is 3.06. The van der Waals surface area contributed by atoms with E-state index in [-0.39, 0.29) is 12.3 Å². The summed E-state index contributed by atoms with van der Waals surface area (Å²) in [5, 5.41) is 6.07. The van der Waals surface area contributed by atoms with Crippen LogP contribution in [0.4, 0.5) is 0 Å². The average Bonchev–Trinajstić information content (AvgIpc) is 1.80. The molecule has 0 spiro atoms. The third-order valence-corrected chi connectivity index (χ3v) is 0.837. The molecule has 4 nitrogen and oxygen atoms in total. The first-order valence-electron chi connectivity index (χ1n) is 2.87. The molecule has 0 bridgehead atoms. The second-order valence-corrected chi connectivity index (χ2v) is 2.88. The molecule has 0 aliphatic carbocycles. The van der Waals surface area contributed by atoms with E-state index < -0.39 is 5.41 Å². The van der Waals surface area contributed by atoms with Crippen LogP contribution in [0.2, 0.25) is 0 Å². The molecule has 56 valence electrons. The summed E-state index contributed by atoms with van der Waals surface area (Å²) in [6.07, 6.45) is 0.240. The Hall–Kier alpha value is -1.06. The zero-order valence-electron chi connectivity index (χ0n) is 6.29. The number of carbonyl (C=O) groups is 2. The maximum absolute atomic E-state index is 10.8. The van der Waals surface area contributed by atoms with Gasteiger partial charge in [0, 0.05) is 5.41 Å². The van der Waals surface area contributed by atoms with Crippen LogP contribution < -0.4 is 0 Å². The Morgan fingerprint density at radius 3 is 2.20 bits per heavy atom. The second kappa shape index (κ2) is 3.20. The first kappa shape index (κ1) is 8.94. The van der Waals surface area contributed by atoms with Crippen molar-refractivity contribution in [2.24, 2.45) is 15.6 Å². The van der Waals surface area contributed by atoms with Crippen molar-refractivity contribution in [2.75, 3.05) is 0 Å². The van der Waals surface area contributed by atoms with Gasteiger partial charge < -0.3 is 0 Å². The molecule has 4 heteroatoms. The standard InChI is InChI=1S/C6H10N2O2/c1-6(2,3)5(10)8-7-4-9/h4H,1-3H3/b8-7+. The first-order chi connectivity index (χ1) is 4.48. The summed E-state index contributed by atoms with van der Waals surface area (Å²) in [6.45, 7) is 5.12. The summed E-state index contributed by atoms with van der Waals surface area (Å²) in [5.41, 5.74) is -0.549. The van der Waals surface area contributed by atoms with Crippen molar-refractivity contribution in [3.05, 3.63) is 0 Å². The van der Waals surface area contributed by atoms with Gasteiger partial charge in [-0.25, -0.2) is 0 Å². The van der Waals surface area contributed by atoms with Crippen LogP contribution in [-0.2, 0) is 9.59 Å². The summed E-state index contributed by atoms with van der Waals surface area (Å²) in [4.78, 5) is 20.4. The van der Waals surface area contributed by atoms with Crippen molar-refractivity contribution in [1.29, 1.82) is 0 Å². The molecule has 2 amide bonds. The molecule has 0 unspecified atom stereocenters. The molecule has 0 aromatic rings. The van der Waals surface area contributed by atoms with Crippen LogP contribution >= 0.6 is 0 Å². The lowest BCUT2D eigenvalue weighted by Gasteiger charge is -2.09. The molecule has 0 aromatic heterocycles. The Morgan fingerprint density at radius 1 is 1.40 bits per heavy atom. The predicted octanol–water partition coefficient (Wildman–Crippen LogP) is 1.17. The molecule has 0 aliphatic rings. The number of rotatable bonds is 1. The highest BCUT2D eigenvalue weighted by Gasteiger charge is 2.20. The summed E-state index contributed by atoms with van der Waals surface area (Å²) in [5.74, 6) is -0.389. The summed E-state index contributed by atoms with van der Waals surface area (Å²) >= 11 is 0. The fourth-order valence-corrected chi connectivity index (χ4v) is 0.226. The summed E-state index contributed by atoms with van der Waals surface area (Å²) in [6, 6.07) is 0. The van der Waals surface area contributed by atoms with Gasteiger partial charge in [-0.3, -0.25) is 9.59 Å². The minimum Gasteiger partial charge on any atom is -0.275 e. The molecular weight excluding hydrogens is 132 g/mol. The molecule has 0 aromatic carbocycles. The van der Waals surface area contributed by atoms with Gasteiger partial charge in [-0.15, -0.1) is 10.2 Å². The van der Waals surface area contributed by atoms with Crippen LogP contribution in [0.25, 0.3) is 0 Å². The lowest BCUT2D eigenvalue weighted by molar-refractivity contribution is -0.126. The normalized spacial score (nSPS) is 11.9. The molecule has 0 rings (SSSR count). The van der Waals surface area contributed by atoms with Crippen LogP contribution in [0.1, 0.15) is 20.8 Å². The van der Waals surface area contributed by atoms with E-state index >= 15 is 0 Å². The lowest BCUT2D eigenvalue weighted by atomic mass is 9.96. The van der Waals surface area contributed by atoms with E-state index in [1.165, 1.54) is 0 Å². The second-order valence-electron chi connectivity index (χ2n) is 2.88. The number of nitrogens with zero attached hydrogens (tertiary/aromatic N) is 2. The van der Waals surface area contributed by atoms with Crippen molar-refractivity contribution < 1.29 is 9.59 Å². The quantitative estimate of drug-likeness (QED) is 0.407. The summed E-state index contributed by atoms with van der Waals surface area (Å²) in [7, 11) is 0. The highest BCUT2D eigenvalue weighted by Crippen LogP contribution is 2.14. The van der Waals surface area contributed by atoms with Crippen LogP contribution in [0.15, 0.2) is 10.2 Å². The van der Waals surface area contributed by atoms with Crippen LogP contribution in [0.5, 0.6) is 0 Å². The molecule has 0 aliphatic heterocycles. The van der Waals surface area contributed by atoms with E-state index in [2.05, 4.69) is 10.2 Å². The van der Waals surface area contributed by atoms with E-state index in [0.29, 0.717) is 0 Å². The molecule has 10 heavy (non-hydrogen) atoms. The molecule has 0 saturated carbocycles. The number of amides is 2. The lowest BCUT2D eigenvalue weighted by Crippen LogP contribution is -2.16. The predicted molar refractivity (Wildman–Crippen MR) is 35.4 cm³/mol. The van der Waals surface area contributed by atoms with Gasteiger partial charge in [-0.1, -0.05) is 20.8 Å². The van der Waals surface area contributed by atoms with Gasteiger partial charge in [-0.2, -0.15) is 0 Å². The number of hydrogen-bond acceptors (Lipinski definition) is 2. The van der Waals surface area contributed by atoms with Gasteiger partial charge in [-0.05, 0) is 0 Å². The van der Waals surface area contributed by atoms with Crippen molar-refractivity contribution in [3.63, 3.8) is 0 Å². The van der Waals surface area contributed by atoms with Gasteiger partial charge >= 0.3 is 0 Å². The fourth-order valence-electron chi connectivity index (χ4n) is 0.226. The van der Waals surface area contributed by atoms with E-state index in [1.54, 1.807) is 20.8 Å². The molecule has 0 saturated heterocycles. The number of azo groups is 1. The minimum atomic E-state index is -0.549. The van der Waals surface area contributed by atoms with Crippen LogP contribution in [0.3, 0.4) is 0 Å². The zero-order valence-corrected chi connectivity index (χ0v) is 6.29. The van der Waals surface area contributed by atoms with Gasteiger partial charge in [0.2, 0.25) is 0 Å². The average molecular weight is 142 g/mol. The molecule has 0 radical (unpaired) electrons. The van der Waals surface area contributed by atoms with E-state index in [9.17, 15) is 9.59 Å². The van der Waals surface area contributed by atoms with Crippen LogP contribution in [0, 0.1) is 5.41 Å². The third-order valence-electron chi connectivity index (χ3n) is 0.837. The molecule has 0 heterocycles. The van der Waals surface area contributed by atoms with Gasteiger partial charge in [0.25, 0.3) is 12.3 Å². The smallest absolute Gasteiger partial charge is 0.270 e. The SMILES string of the molecule is CC(C)(C)C(=O)/N=N/C=O. The van der Waals surface area contributed by atoms with E-state index in [1.807, 2.05) is 0 Å². The molecule has 0 N–H and O–H groups in total. The monoisotopic (exact) mass is 142 g/mol. The Balaban J connectivity index is 4.11. The number of hydrogen-bond donors (Lipinski definition) is 0. The first-order valence-corrected chi connectivity index (χ1v) is 2.87. The Bertz CT molecular complexity index is 167. The van der Waals surface area contributed by atoms with E-state index in [4.69, 9.17) is 0 Å². The van der Waals surface area contributed by atoms with Crippen LogP contribution in [-0.4, -0.2) is 12.3 Å². The topological polar surface area (TPSA) is 58.9 Å². The van der Waals surface area contributed by atoms with Gasteiger partial charge in [0.15, 0.2) is 0 Å². The maximum Gasteiger partial charge on any atom is 0.270 e. The summed E-state index contributed by atoms with van der Waals surface area (Å²) < 4.78 is 0. The highest BCUT2D eigenvalue weighted by atomic mass is 16.2. The van der Waals surface area contributed by atoms with Gasteiger partial charge in [0.1, 0.15) is 0 Å². The minimum absolute atomic E-state index is 0.240. The molecule has 0 fully saturated rings. The zero-order chi connectivity index (χ0) is 8.20. The highest BCUT2D eigenvalue weighted by molar-refractivity contribution is 5.82. The van der Waals surface area contributed by atoms with Crippen molar-refractivity contribution >= 4 is 12.3 Å². The van der Waals surface area contributed by atoms with Crippen molar-refractivity contribution in [3.8, 4) is 0 Å². The largest absolute Gasteiger partial charge is 0.275 e. The fraction of sp³-hybridized carbons (Fsp3) is 0.667. The van der Waals surface area contributed by atoms with Gasteiger partial charge in [0.05, 0.1) is 0 Å². The van der Waals surface area contributed by atoms with Crippen molar-refractivity contribution in [2.45, 2.75) is 20.8 Å². The van der Waals surface area contributed by atoms with Crippen molar-refractivity contribution in [1.82, 2.24) is 0 Å². The molecular formula is C6H10N2O2. The Morgan fingerprint density at radius 2 is 1.90 bits per heavy atom. The Kier molecular flexibility index (Phi) is 2.86. The maximum atomic E-state index is 10.8. The molecule has 0 atom stereocenters. The Labute approximate surface area is 59.3 Å².